The van der Waals surface area contributed by atoms with Crippen LogP contribution < -0.4 is 10.5 Å². The smallest absolute Gasteiger partial charge is 0.338 e. The average Bonchev–Trinajstić information content (AvgIpc) is 2.35. The largest absolute Gasteiger partial charge is 0.495 e. The molecule has 1 atom stereocenters. The van der Waals surface area contributed by atoms with E-state index in [4.69, 9.17) is 19.9 Å². The van der Waals surface area contributed by atoms with Gasteiger partial charge in [-0.05, 0) is 25.1 Å². The minimum Gasteiger partial charge on any atom is -0.495 e. The van der Waals surface area contributed by atoms with Crippen LogP contribution in [0.1, 0.15) is 17.3 Å². The van der Waals surface area contributed by atoms with E-state index in [1.54, 1.807) is 25.3 Å². The van der Waals surface area contributed by atoms with Gasteiger partial charge in [0.2, 0.25) is 0 Å². The van der Waals surface area contributed by atoms with Gasteiger partial charge in [-0.25, -0.2) is 4.79 Å². The maximum atomic E-state index is 11.7. The number of hydrogen-bond acceptors (Lipinski definition) is 5. The number of benzene rings is 1. The Kier molecular flexibility index (Phi) is 4.78. The van der Waals surface area contributed by atoms with Crippen molar-refractivity contribution in [3.8, 4) is 5.75 Å². The summed E-state index contributed by atoms with van der Waals surface area (Å²) in [7, 11) is 3.05. The van der Waals surface area contributed by atoms with Crippen LogP contribution in [0.2, 0.25) is 0 Å². The Labute approximate surface area is 100 Å². The third kappa shape index (κ3) is 3.64. The van der Waals surface area contributed by atoms with E-state index in [-0.39, 0.29) is 12.7 Å². The monoisotopic (exact) mass is 239 g/mol. The van der Waals surface area contributed by atoms with Crippen LogP contribution in [0.15, 0.2) is 18.2 Å². The molecule has 0 saturated heterocycles. The van der Waals surface area contributed by atoms with Crippen LogP contribution in [0.5, 0.6) is 5.75 Å². The summed E-state index contributed by atoms with van der Waals surface area (Å²) < 4.78 is 15.1. The van der Waals surface area contributed by atoms with Crippen LogP contribution >= 0.6 is 0 Å². The summed E-state index contributed by atoms with van der Waals surface area (Å²) in [5.74, 6) is 0.0337. The van der Waals surface area contributed by atoms with Crippen molar-refractivity contribution in [3.63, 3.8) is 0 Å². The highest BCUT2D eigenvalue weighted by molar-refractivity contribution is 5.90. The molecule has 5 heteroatoms. The van der Waals surface area contributed by atoms with Gasteiger partial charge >= 0.3 is 5.97 Å². The lowest BCUT2D eigenvalue weighted by Gasteiger charge is -2.11. The average molecular weight is 239 g/mol. The number of esters is 1. The normalized spacial score (nSPS) is 11.9. The summed E-state index contributed by atoms with van der Waals surface area (Å²) in [6.07, 6.45) is -0.130. The van der Waals surface area contributed by atoms with Gasteiger partial charge in [-0.1, -0.05) is 0 Å². The molecule has 94 valence electrons. The quantitative estimate of drug-likeness (QED) is 0.622. The summed E-state index contributed by atoms with van der Waals surface area (Å²) in [6, 6.07) is 4.75. The SMILES string of the molecule is COc1cc(C(=O)OCC(C)OC)ccc1N. The molecule has 1 unspecified atom stereocenters. The first-order chi connectivity index (χ1) is 8.08. The van der Waals surface area contributed by atoms with Crippen LogP contribution in [-0.2, 0) is 9.47 Å². The molecule has 17 heavy (non-hydrogen) atoms. The van der Waals surface area contributed by atoms with Gasteiger partial charge in [0.1, 0.15) is 12.4 Å². The first-order valence-electron chi connectivity index (χ1n) is 5.22. The topological polar surface area (TPSA) is 70.8 Å². The maximum absolute atomic E-state index is 11.7. The number of ether oxygens (including phenoxy) is 3. The van der Waals surface area contributed by atoms with Crippen molar-refractivity contribution < 1.29 is 19.0 Å². The molecule has 0 aromatic heterocycles. The van der Waals surface area contributed by atoms with Gasteiger partial charge in [0, 0.05) is 7.11 Å². The molecule has 0 spiro atoms. The third-order valence-electron chi connectivity index (χ3n) is 2.32. The second-order valence-corrected chi connectivity index (χ2v) is 3.60. The first-order valence-corrected chi connectivity index (χ1v) is 5.22. The molecule has 0 bridgehead atoms. The molecule has 0 aliphatic rings. The molecule has 2 N–H and O–H groups in total. The Morgan fingerprint density at radius 2 is 2.12 bits per heavy atom. The van der Waals surface area contributed by atoms with Crippen LogP contribution in [0, 0.1) is 0 Å². The van der Waals surface area contributed by atoms with E-state index in [1.807, 2.05) is 6.92 Å². The molecule has 0 heterocycles. The van der Waals surface area contributed by atoms with E-state index in [9.17, 15) is 4.79 Å². The molecule has 0 saturated carbocycles. The third-order valence-corrected chi connectivity index (χ3v) is 2.32. The number of nitrogens with two attached hydrogens (primary N) is 1. The fourth-order valence-corrected chi connectivity index (χ4v) is 1.18. The van der Waals surface area contributed by atoms with Gasteiger partial charge in [-0.3, -0.25) is 0 Å². The summed E-state index contributed by atoms with van der Waals surface area (Å²) in [6.45, 7) is 2.03. The van der Waals surface area contributed by atoms with E-state index >= 15 is 0 Å². The fourth-order valence-electron chi connectivity index (χ4n) is 1.18. The second-order valence-electron chi connectivity index (χ2n) is 3.60. The van der Waals surface area contributed by atoms with E-state index in [1.165, 1.54) is 7.11 Å². The molecule has 1 aromatic carbocycles. The Morgan fingerprint density at radius 1 is 1.41 bits per heavy atom. The maximum Gasteiger partial charge on any atom is 0.338 e. The Balaban J connectivity index is 2.69. The number of carbonyl (C=O) groups is 1. The zero-order valence-corrected chi connectivity index (χ0v) is 10.2. The number of hydrogen-bond donors (Lipinski definition) is 1. The lowest BCUT2D eigenvalue weighted by atomic mass is 10.2. The summed E-state index contributed by atoms with van der Waals surface area (Å²) in [5, 5.41) is 0. The predicted molar refractivity (Wildman–Crippen MR) is 64.2 cm³/mol. The molecule has 1 rings (SSSR count). The molecule has 0 fully saturated rings. The van der Waals surface area contributed by atoms with Crippen molar-refractivity contribution in [3.05, 3.63) is 23.8 Å². The lowest BCUT2D eigenvalue weighted by molar-refractivity contribution is 0.0169. The minimum atomic E-state index is -0.424. The van der Waals surface area contributed by atoms with Crippen LogP contribution in [0.25, 0.3) is 0 Å². The van der Waals surface area contributed by atoms with Gasteiger partial charge in [0.25, 0.3) is 0 Å². The van der Waals surface area contributed by atoms with Crippen molar-refractivity contribution in [2.45, 2.75) is 13.0 Å². The summed E-state index contributed by atoms with van der Waals surface area (Å²) >= 11 is 0. The predicted octanol–water partition coefficient (Wildman–Crippen LogP) is 1.47. The van der Waals surface area contributed by atoms with Crippen molar-refractivity contribution in [2.75, 3.05) is 26.6 Å². The lowest BCUT2D eigenvalue weighted by Crippen LogP contribution is -2.17. The molecule has 0 amide bonds. The van der Waals surface area contributed by atoms with Crippen LogP contribution in [0.4, 0.5) is 5.69 Å². The molecule has 5 nitrogen and oxygen atoms in total. The van der Waals surface area contributed by atoms with E-state index < -0.39 is 5.97 Å². The second kappa shape index (κ2) is 6.10. The number of anilines is 1. The number of methoxy groups -OCH3 is 2. The van der Waals surface area contributed by atoms with Gasteiger partial charge in [-0.2, -0.15) is 0 Å². The minimum absolute atomic E-state index is 0.130. The van der Waals surface area contributed by atoms with Gasteiger partial charge in [0.15, 0.2) is 0 Å². The van der Waals surface area contributed by atoms with Crippen molar-refractivity contribution in [1.82, 2.24) is 0 Å². The van der Waals surface area contributed by atoms with Crippen molar-refractivity contribution in [1.29, 1.82) is 0 Å². The molecular weight excluding hydrogens is 222 g/mol. The van der Waals surface area contributed by atoms with Crippen molar-refractivity contribution >= 4 is 11.7 Å². The zero-order valence-electron chi connectivity index (χ0n) is 10.2. The number of carbonyl (C=O) groups excluding carboxylic acids is 1. The molecule has 0 aliphatic heterocycles. The Hall–Kier alpha value is -1.75. The van der Waals surface area contributed by atoms with Crippen LogP contribution in [-0.4, -0.2) is 32.9 Å². The number of rotatable bonds is 5. The van der Waals surface area contributed by atoms with Gasteiger partial charge < -0.3 is 19.9 Å². The fraction of sp³-hybridized carbons (Fsp3) is 0.417. The molecule has 0 radical (unpaired) electrons. The Morgan fingerprint density at radius 3 is 2.71 bits per heavy atom. The molecule has 1 aromatic rings. The van der Waals surface area contributed by atoms with Gasteiger partial charge in [0.05, 0.1) is 24.5 Å². The van der Waals surface area contributed by atoms with Crippen molar-refractivity contribution in [2.24, 2.45) is 0 Å². The number of nitrogen functional groups attached to an aromatic ring is 1. The Bertz CT molecular complexity index is 392. The van der Waals surface area contributed by atoms with E-state index in [2.05, 4.69) is 0 Å². The van der Waals surface area contributed by atoms with E-state index in [0.717, 1.165) is 0 Å². The standard InChI is InChI=1S/C12H17NO4/c1-8(15-2)7-17-12(14)9-4-5-10(13)11(6-9)16-3/h4-6,8H,7,13H2,1-3H3. The van der Waals surface area contributed by atoms with Gasteiger partial charge in [-0.15, -0.1) is 0 Å². The first kappa shape index (κ1) is 13.3. The highest BCUT2D eigenvalue weighted by Gasteiger charge is 2.11. The highest BCUT2D eigenvalue weighted by Crippen LogP contribution is 2.22. The summed E-state index contributed by atoms with van der Waals surface area (Å²) in [5.41, 5.74) is 6.53. The summed E-state index contributed by atoms with van der Waals surface area (Å²) in [4.78, 5) is 11.7. The molecule has 0 aliphatic carbocycles. The zero-order chi connectivity index (χ0) is 12.8. The van der Waals surface area contributed by atoms with E-state index in [0.29, 0.717) is 17.0 Å². The molecular formula is C12H17NO4. The van der Waals surface area contributed by atoms with Crippen LogP contribution in [0.3, 0.4) is 0 Å². The highest BCUT2D eigenvalue weighted by atomic mass is 16.6.